The molecule has 0 aromatic heterocycles. The summed E-state index contributed by atoms with van der Waals surface area (Å²) in [5.74, 6) is 0. The number of nitrogens with one attached hydrogen (secondary N) is 1. The second kappa shape index (κ2) is 3.05. The van der Waals surface area contributed by atoms with Crippen molar-refractivity contribution in [2.75, 3.05) is 0 Å². The van der Waals surface area contributed by atoms with Crippen molar-refractivity contribution in [3.8, 4) is 0 Å². The molecular weight excluding hydrogens is 158 g/mol. The van der Waals surface area contributed by atoms with Crippen LogP contribution in [0.3, 0.4) is 0 Å². The first-order chi connectivity index (χ1) is 5.15. The van der Waals surface area contributed by atoms with Crippen LogP contribution in [-0.4, -0.2) is 6.21 Å². The number of hydrogen-bond donors (Lipinski definition) is 1. The maximum atomic E-state index is 7.04. The molecule has 1 N–H and O–H groups in total. The van der Waals surface area contributed by atoms with Crippen LogP contribution in [0.4, 0.5) is 0 Å². The van der Waals surface area contributed by atoms with Crippen LogP contribution in [0.1, 0.15) is 16.7 Å². The van der Waals surface area contributed by atoms with Crippen molar-refractivity contribution in [2.45, 2.75) is 13.8 Å². The van der Waals surface area contributed by atoms with E-state index in [-0.39, 0.29) is 0 Å². The van der Waals surface area contributed by atoms with E-state index in [0.717, 1.165) is 21.7 Å². The van der Waals surface area contributed by atoms with Crippen LogP contribution >= 0.6 is 11.6 Å². The van der Waals surface area contributed by atoms with Gasteiger partial charge in [-0.1, -0.05) is 11.6 Å². The molecule has 1 aromatic carbocycles. The van der Waals surface area contributed by atoms with Crippen molar-refractivity contribution in [3.63, 3.8) is 0 Å². The molecule has 2 heteroatoms. The molecule has 0 aliphatic carbocycles. The van der Waals surface area contributed by atoms with Crippen LogP contribution in [0.15, 0.2) is 12.1 Å². The minimum absolute atomic E-state index is 0.801. The van der Waals surface area contributed by atoms with Gasteiger partial charge in [-0.15, -0.1) is 0 Å². The average Bonchev–Trinajstić information content (AvgIpc) is 1.99. The van der Waals surface area contributed by atoms with E-state index in [1.165, 1.54) is 6.21 Å². The van der Waals surface area contributed by atoms with Gasteiger partial charge in [0.1, 0.15) is 0 Å². The third-order valence-corrected chi connectivity index (χ3v) is 2.22. The molecule has 1 rings (SSSR count). The van der Waals surface area contributed by atoms with E-state index in [0.29, 0.717) is 0 Å². The monoisotopic (exact) mass is 167 g/mol. The highest BCUT2D eigenvalue weighted by Crippen LogP contribution is 2.20. The van der Waals surface area contributed by atoms with Crippen LogP contribution in [0.5, 0.6) is 0 Å². The molecule has 1 nitrogen and oxygen atoms in total. The zero-order valence-corrected chi connectivity index (χ0v) is 7.37. The summed E-state index contributed by atoms with van der Waals surface area (Å²) >= 11 is 5.93. The van der Waals surface area contributed by atoms with E-state index in [9.17, 15) is 0 Å². The molecular formula is C9H10ClN. The minimum Gasteiger partial charge on any atom is -0.308 e. The summed E-state index contributed by atoms with van der Waals surface area (Å²) in [4.78, 5) is 0. The van der Waals surface area contributed by atoms with Gasteiger partial charge in [0.2, 0.25) is 0 Å². The quantitative estimate of drug-likeness (QED) is 0.622. The molecule has 0 heterocycles. The van der Waals surface area contributed by atoms with Crippen LogP contribution in [0.2, 0.25) is 5.02 Å². The Balaban J connectivity index is 3.31. The third kappa shape index (κ3) is 1.60. The summed E-state index contributed by atoms with van der Waals surface area (Å²) in [5, 5.41) is 7.84. The molecule has 0 saturated heterocycles. The van der Waals surface area contributed by atoms with Gasteiger partial charge in [0.15, 0.2) is 0 Å². The van der Waals surface area contributed by atoms with Gasteiger partial charge < -0.3 is 5.41 Å². The Morgan fingerprint density at radius 2 is 1.73 bits per heavy atom. The number of halogens is 1. The fourth-order valence-electron chi connectivity index (χ4n) is 1.06. The highest BCUT2D eigenvalue weighted by molar-refractivity contribution is 6.32. The molecule has 0 amide bonds. The Bertz CT molecular complexity index is 269. The normalized spacial score (nSPS) is 9.73. The minimum atomic E-state index is 0.801. The first-order valence-corrected chi connectivity index (χ1v) is 3.80. The Labute approximate surface area is 71.5 Å². The highest BCUT2D eigenvalue weighted by Gasteiger charge is 1.99. The van der Waals surface area contributed by atoms with Gasteiger partial charge in [-0.25, -0.2) is 0 Å². The van der Waals surface area contributed by atoms with Gasteiger partial charge in [-0.3, -0.25) is 0 Å². The molecule has 0 aliphatic heterocycles. The van der Waals surface area contributed by atoms with Crippen LogP contribution in [-0.2, 0) is 0 Å². The first kappa shape index (κ1) is 8.28. The lowest BCUT2D eigenvalue weighted by molar-refractivity contribution is 1.37. The molecule has 0 radical (unpaired) electrons. The summed E-state index contributed by atoms with van der Waals surface area (Å²) in [6.45, 7) is 3.89. The van der Waals surface area contributed by atoms with Crippen molar-refractivity contribution in [2.24, 2.45) is 0 Å². The van der Waals surface area contributed by atoms with Crippen molar-refractivity contribution in [1.82, 2.24) is 0 Å². The third-order valence-electron chi connectivity index (χ3n) is 1.63. The van der Waals surface area contributed by atoms with Gasteiger partial charge in [-0.05, 0) is 42.7 Å². The smallest absolute Gasteiger partial charge is 0.0464 e. The topological polar surface area (TPSA) is 23.9 Å². The van der Waals surface area contributed by atoms with E-state index >= 15 is 0 Å². The van der Waals surface area contributed by atoms with Gasteiger partial charge in [0, 0.05) is 11.2 Å². The van der Waals surface area contributed by atoms with Crippen molar-refractivity contribution < 1.29 is 0 Å². The largest absolute Gasteiger partial charge is 0.308 e. The lowest BCUT2D eigenvalue weighted by Gasteiger charge is -2.02. The average molecular weight is 168 g/mol. The maximum Gasteiger partial charge on any atom is 0.0464 e. The van der Waals surface area contributed by atoms with Crippen LogP contribution in [0, 0.1) is 19.3 Å². The molecule has 0 bridgehead atoms. The molecule has 0 unspecified atom stereocenters. The predicted octanol–water partition coefficient (Wildman–Crippen LogP) is 2.95. The van der Waals surface area contributed by atoms with Crippen LogP contribution in [0.25, 0.3) is 0 Å². The molecule has 0 atom stereocenters. The van der Waals surface area contributed by atoms with Crippen molar-refractivity contribution >= 4 is 17.8 Å². The Kier molecular flexibility index (Phi) is 2.30. The molecule has 0 saturated carbocycles. The highest BCUT2D eigenvalue weighted by atomic mass is 35.5. The van der Waals surface area contributed by atoms with Gasteiger partial charge in [0.25, 0.3) is 0 Å². The lowest BCUT2D eigenvalue weighted by atomic mass is 10.1. The number of benzene rings is 1. The fraction of sp³-hybridized carbons (Fsp3) is 0.222. The second-order valence-electron chi connectivity index (χ2n) is 2.61. The first-order valence-electron chi connectivity index (χ1n) is 3.42. The zero-order valence-electron chi connectivity index (χ0n) is 6.61. The van der Waals surface area contributed by atoms with Crippen molar-refractivity contribution in [3.05, 3.63) is 33.8 Å². The molecule has 58 valence electrons. The van der Waals surface area contributed by atoms with E-state index in [2.05, 4.69) is 0 Å². The van der Waals surface area contributed by atoms with Gasteiger partial charge in [0.05, 0.1) is 0 Å². The molecule has 0 fully saturated rings. The predicted molar refractivity (Wildman–Crippen MR) is 48.8 cm³/mol. The van der Waals surface area contributed by atoms with Gasteiger partial charge >= 0.3 is 0 Å². The van der Waals surface area contributed by atoms with Crippen LogP contribution < -0.4 is 0 Å². The lowest BCUT2D eigenvalue weighted by Crippen LogP contribution is -1.86. The maximum absolute atomic E-state index is 7.04. The van der Waals surface area contributed by atoms with E-state index < -0.39 is 0 Å². The van der Waals surface area contributed by atoms with Gasteiger partial charge in [-0.2, -0.15) is 0 Å². The summed E-state index contributed by atoms with van der Waals surface area (Å²) in [6.07, 6.45) is 1.33. The zero-order chi connectivity index (χ0) is 8.43. The Hall–Kier alpha value is -0.820. The number of aryl methyl sites for hydroxylation is 2. The van der Waals surface area contributed by atoms with E-state index in [1.54, 1.807) is 0 Å². The van der Waals surface area contributed by atoms with E-state index in [1.807, 2.05) is 26.0 Å². The Morgan fingerprint density at radius 1 is 1.27 bits per heavy atom. The molecule has 0 aliphatic rings. The summed E-state index contributed by atoms with van der Waals surface area (Å²) in [6, 6.07) is 3.81. The SMILES string of the molecule is Cc1cc(C=N)cc(C)c1Cl. The summed E-state index contributed by atoms with van der Waals surface area (Å²) in [5.41, 5.74) is 2.97. The van der Waals surface area contributed by atoms with Crippen molar-refractivity contribution in [1.29, 1.82) is 5.41 Å². The molecule has 11 heavy (non-hydrogen) atoms. The number of hydrogen-bond acceptors (Lipinski definition) is 1. The second-order valence-corrected chi connectivity index (χ2v) is 2.99. The van der Waals surface area contributed by atoms with E-state index in [4.69, 9.17) is 17.0 Å². The standard InChI is InChI=1S/C9H10ClN/c1-6-3-8(5-11)4-7(2)9(6)10/h3-5,11H,1-2H3. The summed E-state index contributed by atoms with van der Waals surface area (Å²) in [7, 11) is 0. The molecule has 0 spiro atoms. The fourth-order valence-corrected chi connectivity index (χ4v) is 1.17. The Morgan fingerprint density at radius 3 is 2.09 bits per heavy atom. The number of rotatable bonds is 1. The molecule has 1 aromatic rings. The summed E-state index contributed by atoms with van der Waals surface area (Å²) < 4.78 is 0.